The van der Waals surface area contributed by atoms with Crippen LogP contribution in [-0.4, -0.2) is 16.7 Å². The van der Waals surface area contributed by atoms with Gasteiger partial charge < -0.3 is 14.6 Å². The number of pyridine rings is 1. The zero-order chi connectivity index (χ0) is 11.0. The molecule has 2 aromatic rings. The maximum absolute atomic E-state index is 5.30. The summed E-state index contributed by atoms with van der Waals surface area (Å²) >= 11 is 0. The molecule has 4 nitrogen and oxygen atoms in total. The Kier molecular flexibility index (Phi) is 2.15. The molecule has 2 aromatic heterocycles. The van der Waals surface area contributed by atoms with Gasteiger partial charge in [-0.05, 0) is 23.3 Å². The van der Waals surface area contributed by atoms with Gasteiger partial charge in [0.2, 0.25) is 0 Å². The highest BCUT2D eigenvalue weighted by molar-refractivity contribution is 5.43. The number of rotatable bonds is 2. The Bertz CT molecular complexity index is 497. The predicted molar refractivity (Wildman–Crippen MR) is 60.7 cm³/mol. The van der Waals surface area contributed by atoms with Crippen LogP contribution in [0.2, 0.25) is 0 Å². The van der Waals surface area contributed by atoms with Crippen LogP contribution in [-0.2, 0) is 13.1 Å². The summed E-state index contributed by atoms with van der Waals surface area (Å²) in [5, 5.41) is 3.31. The standard InChI is InChI=1S/C12H13N3O/c1-16-11-3-2-4-14-12(11)15-7-9-5-13-6-10(9)8-15/h2-4,7-8,13H,5-6H2,1H3. The Morgan fingerprint density at radius 1 is 1.31 bits per heavy atom. The van der Waals surface area contributed by atoms with Gasteiger partial charge in [0, 0.05) is 31.7 Å². The fourth-order valence-corrected chi connectivity index (χ4v) is 2.05. The summed E-state index contributed by atoms with van der Waals surface area (Å²) in [5.74, 6) is 1.64. The predicted octanol–water partition coefficient (Wildman–Crippen LogP) is 1.48. The van der Waals surface area contributed by atoms with Crippen LogP contribution in [0.25, 0.3) is 5.82 Å². The first-order chi connectivity index (χ1) is 7.88. The number of ether oxygens (including phenoxy) is 1. The summed E-state index contributed by atoms with van der Waals surface area (Å²) in [6.45, 7) is 1.88. The van der Waals surface area contributed by atoms with Crippen molar-refractivity contribution in [1.82, 2.24) is 14.9 Å². The van der Waals surface area contributed by atoms with Crippen LogP contribution in [0.4, 0.5) is 0 Å². The van der Waals surface area contributed by atoms with Crippen molar-refractivity contribution in [3.05, 3.63) is 41.9 Å². The zero-order valence-corrected chi connectivity index (χ0v) is 9.10. The fourth-order valence-electron chi connectivity index (χ4n) is 2.05. The molecule has 0 atom stereocenters. The lowest BCUT2D eigenvalue weighted by atomic mass is 10.2. The van der Waals surface area contributed by atoms with Crippen LogP contribution in [0.15, 0.2) is 30.7 Å². The van der Waals surface area contributed by atoms with Crippen molar-refractivity contribution in [2.75, 3.05) is 7.11 Å². The minimum absolute atomic E-state index is 0.795. The van der Waals surface area contributed by atoms with Gasteiger partial charge in [-0.3, -0.25) is 0 Å². The molecule has 0 amide bonds. The van der Waals surface area contributed by atoms with Gasteiger partial charge in [-0.25, -0.2) is 4.98 Å². The number of nitrogens with zero attached hydrogens (tertiary/aromatic N) is 2. The van der Waals surface area contributed by atoms with E-state index < -0.39 is 0 Å². The second kappa shape index (κ2) is 3.64. The molecule has 0 bridgehead atoms. The molecular formula is C12H13N3O. The van der Waals surface area contributed by atoms with E-state index in [0.29, 0.717) is 0 Å². The summed E-state index contributed by atoms with van der Waals surface area (Å²) in [7, 11) is 1.67. The highest BCUT2D eigenvalue weighted by Gasteiger charge is 2.15. The normalized spacial score (nSPS) is 13.8. The van der Waals surface area contributed by atoms with E-state index in [1.54, 1.807) is 13.3 Å². The Balaban J connectivity index is 2.08. The monoisotopic (exact) mass is 215 g/mol. The second-order valence-corrected chi connectivity index (χ2v) is 3.85. The molecule has 0 spiro atoms. The highest BCUT2D eigenvalue weighted by atomic mass is 16.5. The quantitative estimate of drug-likeness (QED) is 0.824. The molecule has 3 rings (SSSR count). The fraction of sp³-hybridized carbons (Fsp3) is 0.250. The first kappa shape index (κ1) is 9.42. The van der Waals surface area contributed by atoms with Crippen LogP contribution < -0.4 is 10.1 Å². The number of fused-ring (bicyclic) bond motifs is 1. The largest absolute Gasteiger partial charge is 0.493 e. The Labute approximate surface area is 93.9 Å². The van der Waals surface area contributed by atoms with Crippen LogP contribution in [0.3, 0.4) is 0 Å². The van der Waals surface area contributed by atoms with E-state index in [-0.39, 0.29) is 0 Å². The molecule has 0 aromatic carbocycles. The number of hydrogen-bond donors (Lipinski definition) is 1. The van der Waals surface area contributed by atoms with Gasteiger partial charge in [0.1, 0.15) is 0 Å². The van der Waals surface area contributed by atoms with Crippen molar-refractivity contribution in [3.63, 3.8) is 0 Å². The SMILES string of the molecule is COc1cccnc1-n1cc2c(c1)CNC2. The van der Waals surface area contributed by atoms with E-state index in [1.807, 2.05) is 16.7 Å². The smallest absolute Gasteiger partial charge is 0.179 e. The Morgan fingerprint density at radius 2 is 2.06 bits per heavy atom. The summed E-state index contributed by atoms with van der Waals surface area (Å²) in [4.78, 5) is 4.35. The van der Waals surface area contributed by atoms with Crippen molar-refractivity contribution in [1.29, 1.82) is 0 Å². The van der Waals surface area contributed by atoms with Crippen molar-refractivity contribution in [2.45, 2.75) is 13.1 Å². The Hall–Kier alpha value is -1.81. The lowest BCUT2D eigenvalue weighted by molar-refractivity contribution is 0.410. The van der Waals surface area contributed by atoms with Gasteiger partial charge in [-0.15, -0.1) is 0 Å². The molecular weight excluding hydrogens is 202 g/mol. The van der Waals surface area contributed by atoms with E-state index in [9.17, 15) is 0 Å². The van der Waals surface area contributed by atoms with Crippen LogP contribution in [0.1, 0.15) is 11.1 Å². The van der Waals surface area contributed by atoms with E-state index in [1.165, 1.54) is 11.1 Å². The van der Waals surface area contributed by atoms with Gasteiger partial charge in [0.15, 0.2) is 11.6 Å². The number of aromatic nitrogens is 2. The maximum Gasteiger partial charge on any atom is 0.179 e. The molecule has 82 valence electrons. The van der Waals surface area contributed by atoms with Gasteiger partial charge in [0.05, 0.1) is 7.11 Å². The second-order valence-electron chi connectivity index (χ2n) is 3.85. The Morgan fingerprint density at radius 3 is 2.75 bits per heavy atom. The highest BCUT2D eigenvalue weighted by Crippen LogP contribution is 2.24. The molecule has 1 aliphatic rings. The van der Waals surface area contributed by atoms with Gasteiger partial charge in [0.25, 0.3) is 0 Å². The molecule has 16 heavy (non-hydrogen) atoms. The lowest BCUT2D eigenvalue weighted by Crippen LogP contribution is -2.04. The third kappa shape index (κ3) is 1.39. The molecule has 0 radical (unpaired) electrons. The molecule has 0 saturated carbocycles. The molecule has 0 saturated heterocycles. The third-order valence-corrected chi connectivity index (χ3v) is 2.85. The van der Waals surface area contributed by atoms with Crippen molar-refractivity contribution >= 4 is 0 Å². The summed E-state index contributed by atoms with van der Waals surface area (Å²) in [5.41, 5.74) is 2.68. The number of hydrogen-bond acceptors (Lipinski definition) is 3. The van der Waals surface area contributed by atoms with Crippen molar-refractivity contribution in [3.8, 4) is 11.6 Å². The van der Waals surface area contributed by atoms with E-state index in [2.05, 4.69) is 22.7 Å². The molecule has 3 heterocycles. The summed E-state index contributed by atoms with van der Waals surface area (Å²) < 4.78 is 7.33. The molecule has 0 aliphatic carbocycles. The first-order valence-electron chi connectivity index (χ1n) is 5.28. The van der Waals surface area contributed by atoms with Crippen LogP contribution in [0.5, 0.6) is 5.75 Å². The van der Waals surface area contributed by atoms with Gasteiger partial charge in [-0.2, -0.15) is 0 Å². The molecule has 4 heteroatoms. The molecule has 1 N–H and O–H groups in total. The van der Waals surface area contributed by atoms with E-state index in [4.69, 9.17) is 4.74 Å². The average molecular weight is 215 g/mol. The third-order valence-electron chi connectivity index (χ3n) is 2.85. The summed E-state index contributed by atoms with van der Waals surface area (Å²) in [6, 6.07) is 3.80. The zero-order valence-electron chi connectivity index (χ0n) is 9.10. The average Bonchev–Trinajstić information content (AvgIpc) is 2.89. The molecule has 0 fully saturated rings. The van der Waals surface area contributed by atoms with E-state index in [0.717, 1.165) is 24.7 Å². The number of methoxy groups -OCH3 is 1. The minimum Gasteiger partial charge on any atom is -0.493 e. The lowest BCUT2D eigenvalue weighted by Gasteiger charge is -2.07. The van der Waals surface area contributed by atoms with Crippen molar-refractivity contribution in [2.24, 2.45) is 0 Å². The van der Waals surface area contributed by atoms with Gasteiger partial charge >= 0.3 is 0 Å². The topological polar surface area (TPSA) is 39.1 Å². The van der Waals surface area contributed by atoms with Crippen LogP contribution >= 0.6 is 0 Å². The van der Waals surface area contributed by atoms with Gasteiger partial charge in [-0.1, -0.05) is 0 Å². The number of nitrogens with one attached hydrogen (secondary N) is 1. The minimum atomic E-state index is 0.795. The van der Waals surface area contributed by atoms with Crippen molar-refractivity contribution < 1.29 is 4.74 Å². The maximum atomic E-state index is 5.30. The van der Waals surface area contributed by atoms with E-state index >= 15 is 0 Å². The first-order valence-corrected chi connectivity index (χ1v) is 5.28. The summed E-state index contributed by atoms with van der Waals surface area (Å²) in [6.07, 6.45) is 6.00. The molecule has 1 aliphatic heterocycles. The molecule has 0 unspecified atom stereocenters. The van der Waals surface area contributed by atoms with Crippen LogP contribution in [0, 0.1) is 0 Å².